The molecule has 3 aromatic rings. The molecule has 0 unspecified atom stereocenters. The van der Waals surface area contributed by atoms with Gasteiger partial charge in [0.2, 0.25) is 0 Å². The van der Waals surface area contributed by atoms with E-state index in [1.165, 1.54) is 0 Å². The van der Waals surface area contributed by atoms with Crippen LogP contribution >= 0.6 is 11.6 Å². The van der Waals surface area contributed by atoms with Crippen LogP contribution in [0.4, 0.5) is 0 Å². The van der Waals surface area contributed by atoms with Crippen molar-refractivity contribution in [2.24, 2.45) is 0 Å². The van der Waals surface area contributed by atoms with Crippen molar-refractivity contribution in [1.82, 2.24) is 10.3 Å². The van der Waals surface area contributed by atoms with Gasteiger partial charge in [0.25, 0.3) is 11.5 Å². The quantitative estimate of drug-likeness (QED) is 0.764. The molecule has 0 aliphatic rings. The Kier molecular flexibility index (Phi) is 4.67. The highest BCUT2D eigenvalue weighted by Crippen LogP contribution is 2.15. The fourth-order valence-corrected chi connectivity index (χ4v) is 2.85. The van der Waals surface area contributed by atoms with Crippen molar-refractivity contribution in [3.63, 3.8) is 0 Å². The number of benzene rings is 2. The largest absolute Gasteiger partial charge is 0.352 e. The van der Waals surface area contributed by atoms with Crippen molar-refractivity contribution in [3.05, 3.63) is 80.6 Å². The van der Waals surface area contributed by atoms with Gasteiger partial charge in [-0.1, -0.05) is 35.9 Å². The third kappa shape index (κ3) is 3.49. The number of fused-ring (bicyclic) bond motifs is 1. The Morgan fingerprint density at radius 2 is 1.96 bits per heavy atom. The number of aromatic amines is 1. The number of nitrogens with one attached hydrogen (secondary N) is 2. The lowest BCUT2D eigenvalue weighted by molar-refractivity contribution is 0.0954. The molecule has 2 N–H and O–H groups in total. The number of hydrogen-bond acceptors (Lipinski definition) is 2. The third-order valence-corrected chi connectivity index (χ3v) is 4.17. The average molecular weight is 341 g/mol. The molecule has 5 heteroatoms. The molecule has 2 aromatic carbocycles. The number of H-pyrrole nitrogens is 1. The Hall–Kier alpha value is -2.59. The van der Waals surface area contributed by atoms with Crippen molar-refractivity contribution in [2.45, 2.75) is 13.3 Å². The number of hydrogen-bond donors (Lipinski definition) is 2. The van der Waals surface area contributed by atoms with Crippen LogP contribution in [0, 0.1) is 6.92 Å². The minimum absolute atomic E-state index is 0.117. The molecule has 0 aliphatic carbocycles. The Morgan fingerprint density at radius 1 is 1.17 bits per heavy atom. The molecular weight excluding hydrogens is 324 g/mol. The maximum atomic E-state index is 12.2. The van der Waals surface area contributed by atoms with Crippen molar-refractivity contribution < 1.29 is 4.79 Å². The van der Waals surface area contributed by atoms with Gasteiger partial charge in [-0.2, -0.15) is 0 Å². The molecule has 4 nitrogen and oxygen atoms in total. The van der Waals surface area contributed by atoms with Crippen LogP contribution in [0.2, 0.25) is 5.02 Å². The summed E-state index contributed by atoms with van der Waals surface area (Å²) in [5, 5.41) is 4.32. The number of carbonyl (C=O) groups is 1. The summed E-state index contributed by atoms with van der Waals surface area (Å²) in [6.07, 6.45) is 0.464. The Balaban J connectivity index is 1.71. The minimum atomic E-state index is -0.203. The maximum absolute atomic E-state index is 12.2. The van der Waals surface area contributed by atoms with Gasteiger partial charge in [-0.25, -0.2) is 0 Å². The van der Waals surface area contributed by atoms with Crippen LogP contribution in [0.15, 0.2) is 53.3 Å². The summed E-state index contributed by atoms with van der Waals surface area (Å²) in [6, 6.07) is 14.5. The number of rotatable bonds is 4. The SMILES string of the molecule is Cc1cccc2cc(CCNC(=O)c3cccc(Cl)c3)c(=O)[nH]c12. The molecule has 1 amide bonds. The number of para-hydroxylation sites is 1. The van der Waals surface area contributed by atoms with Crippen LogP contribution in [0.5, 0.6) is 0 Å². The number of amides is 1. The molecule has 0 radical (unpaired) electrons. The molecule has 0 fully saturated rings. The van der Waals surface area contributed by atoms with Crippen LogP contribution in [-0.4, -0.2) is 17.4 Å². The van der Waals surface area contributed by atoms with Gasteiger partial charge in [-0.15, -0.1) is 0 Å². The van der Waals surface area contributed by atoms with E-state index in [0.29, 0.717) is 29.1 Å². The van der Waals surface area contributed by atoms with E-state index >= 15 is 0 Å². The monoisotopic (exact) mass is 340 g/mol. The lowest BCUT2D eigenvalue weighted by Gasteiger charge is -2.07. The Labute approximate surface area is 144 Å². The Morgan fingerprint density at radius 3 is 2.75 bits per heavy atom. The topological polar surface area (TPSA) is 62.0 Å². The molecule has 0 saturated carbocycles. The summed E-state index contributed by atoms with van der Waals surface area (Å²) < 4.78 is 0. The molecule has 0 atom stereocenters. The van der Waals surface area contributed by atoms with E-state index < -0.39 is 0 Å². The lowest BCUT2D eigenvalue weighted by Crippen LogP contribution is -2.27. The fraction of sp³-hybridized carbons (Fsp3) is 0.158. The number of halogens is 1. The fourth-order valence-electron chi connectivity index (χ4n) is 2.66. The first-order chi connectivity index (χ1) is 11.5. The summed E-state index contributed by atoms with van der Waals surface area (Å²) in [6.45, 7) is 2.34. The van der Waals surface area contributed by atoms with Gasteiger partial charge in [0.15, 0.2) is 0 Å². The maximum Gasteiger partial charge on any atom is 0.251 e. The van der Waals surface area contributed by atoms with E-state index in [2.05, 4.69) is 10.3 Å². The Bertz CT molecular complexity index is 963. The van der Waals surface area contributed by atoms with Gasteiger partial charge in [0.05, 0.1) is 5.52 Å². The van der Waals surface area contributed by atoms with Crippen molar-refractivity contribution in [2.75, 3.05) is 6.54 Å². The molecular formula is C19H17ClN2O2. The second kappa shape index (κ2) is 6.89. The second-order valence-corrected chi connectivity index (χ2v) is 6.12. The number of pyridine rings is 1. The van der Waals surface area contributed by atoms with E-state index in [1.54, 1.807) is 24.3 Å². The van der Waals surface area contributed by atoms with Gasteiger partial charge < -0.3 is 10.3 Å². The molecule has 1 heterocycles. The molecule has 0 saturated heterocycles. The highest BCUT2D eigenvalue weighted by molar-refractivity contribution is 6.30. The van der Waals surface area contributed by atoms with Crippen LogP contribution in [0.1, 0.15) is 21.5 Å². The van der Waals surface area contributed by atoms with Crippen LogP contribution < -0.4 is 10.9 Å². The van der Waals surface area contributed by atoms with Gasteiger partial charge in [-0.05, 0) is 48.6 Å². The third-order valence-electron chi connectivity index (χ3n) is 3.93. The predicted molar refractivity (Wildman–Crippen MR) is 96.8 cm³/mol. The molecule has 0 spiro atoms. The van der Waals surface area contributed by atoms with Crippen molar-refractivity contribution >= 4 is 28.4 Å². The first-order valence-corrected chi connectivity index (χ1v) is 8.08. The zero-order chi connectivity index (χ0) is 17.1. The highest BCUT2D eigenvalue weighted by Gasteiger charge is 2.08. The zero-order valence-electron chi connectivity index (χ0n) is 13.2. The smallest absolute Gasteiger partial charge is 0.251 e. The van der Waals surface area contributed by atoms with Crippen molar-refractivity contribution in [1.29, 1.82) is 0 Å². The average Bonchev–Trinajstić information content (AvgIpc) is 2.56. The van der Waals surface area contributed by atoms with E-state index in [-0.39, 0.29) is 11.5 Å². The van der Waals surface area contributed by atoms with E-state index in [9.17, 15) is 9.59 Å². The van der Waals surface area contributed by atoms with Gasteiger partial charge in [0, 0.05) is 22.7 Å². The first kappa shape index (κ1) is 16.3. The molecule has 122 valence electrons. The van der Waals surface area contributed by atoms with Crippen LogP contribution in [0.3, 0.4) is 0 Å². The van der Waals surface area contributed by atoms with Gasteiger partial charge in [0.1, 0.15) is 0 Å². The van der Waals surface area contributed by atoms with E-state index in [1.807, 2.05) is 31.2 Å². The normalized spacial score (nSPS) is 10.8. The molecule has 24 heavy (non-hydrogen) atoms. The van der Waals surface area contributed by atoms with Gasteiger partial charge >= 0.3 is 0 Å². The van der Waals surface area contributed by atoms with Crippen LogP contribution in [0.25, 0.3) is 10.9 Å². The molecule has 3 rings (SSSR count). The predicted octanol–water partition coefficient (Wildman–Crippen LogP) is 3.46. The summed E-state index contributed by atoms with van der Waals surface area (Å²) >= 11 is 5.88. The standard InChI is InChI=1S/C19H17ClN2O2/c1-12-4-2-5-13-10-15(19(24)22-17(12)13)8-9-21-18(23)14-6-3-7-16(20)11-14/h2-7,10-11H,8-9H2,1H3,(H,21,23)(H,22,24). The minimum Gasteiger partial charge on any atom is -0.352 e. The summed E-state index contributed by atoms with van der Waals surface area (Å²) in [5.74, 6) is -0.203. The van der Waals surface area contributed by atoms with Crippen LogP contribution in [-0.2, 0) is 6.42 Å². The van der Waals surface area contributed by atoms with Crippen molar-refractivity contribution in [3.8, 4) is 0 Å². The summed E-state index contributed by atoms with van der Waals surface area (Å²) in [4.78, 5) is 27.2. The van der Waals surface area contributed by atoms with E-state index in [0.717, 1.165) is 16.5 Å². The number of aromatic nitrogens is 1. The zero-order valence-corrected chi connectivity index (χ0v) is 14.0. The summed E-state index contributed by atoms with van der Waals surface area (Å²) in [7, 11) is 0. The molecule has 0 aliphatic heterocycles. The number of carbonyl (C=O) groups excluding carboxylic acids is 1. The lowest BCUT2D eigenvalue weighted by atomic mass is 10.1. The molecule has 1 aromatic heterocycles. The highest BCUT2D eigenvalue weighted by atomic mass is 35.5. The second-order valence-electron chi connectivity index (χ2n) is 5.68. The number of aryl methyl sites for hydroxylation is 1. The summed E-state index contributed by atoms with van der Waals surface area (Å²) in [5.41, 5.74) is 2.93. The molecule has 0 bridgehead atoms. The van der Waals surface area contributed by atoms with Gasteiger partial charge in [-0.3, -0.25) is 9.59 Å². The first-order valence-electron chi connectivity index (χ1n) is 7.70. The van der Waals surface area contributed by atoms with E-state index in [4.69, 9.17) is 11.6 Å².